The Morgan fingerprint density at radius 3 is 2.85 bits per heavy atom. The molecule has 0 saturated carbocycles. The fraction of sp³-hybridized carbons (Fsp3) is 0.286. The molecule has 0 saturated heterocycles. The van der Waals surface area contributed by atoms with Gasteiger partial charge in [0.05, 0.1) is 17.2 Å². The van der Waals surface area contributed by atoms with E-state index in [0.717, 1.165) is 0 Å². The maximum absolute atomic E-state index is 11.7. The minimum Gasteiger partial charge on any atom is -0.467 e. The zero-order valence-corrected chi connectivity index (χ0v) is 11.9. The summed E-state index contributed by atoms with van der Waals surface area (Å²) >= 11 is 1.37. The molecule has 2 aromatic rings. The van der Waals surface area contributed by atoms with Crippen molar-refractivity contribution >= 4 is 23.2 Å². The Kier molecular flexibility index (Phi) is 4.95. The van der Waals surface area contributed by atoms with E-state index in [4.69, 9.17) is 4.42 Å². The van der Waals surface area contributed by atoms with Crippen LogP contribution in [-0.4, -0.2) is 18.4 Å². The highest BCUT2D eigenvalue weighted by molar-refractivity contribution is 7.12. The molecule has 2 amide bonds. The Morgan fingerprint density at radius 2 is 2.20 bits per heavy atom. The van der Waals surface area contributed by atoms with Crippen LogP contribution in [0.15, 0.2) is 40.3 Å². The Labute approximate surface area is 121 Å². The number of hydrogen-bond donors (Lipinski definition) is 2. The summed E-state index contributed by atoms with van der Waals surface area (Å²) in [7, 11) is 0. The van der Waals surface area contributed by atoms with E-state index in [0.29, 0.717) is 17.2 Å². The molecule has 0 radical (unpaired) electrons. The third kappa shape index (κ3) is 3.96. The van der Waals surface area contributed by atoms with E-state index in [1.54, 1.807) is 18.4 Å². The Morgan fingerprint density at radius 1 is 1.35 bits per heavy atom. The average molecular weight is 292 g/mol. The van der Waals surface area contributed by atoms with Crippen LogP contribution in [0.5, 0.6) is 0 Å². The second kappa shape index (κ2) is 6.91. The predicted octanol–water partition coefficient (Wildman–Crippen LogP) is 2.34. The van der Waals surface area contributed by atoms with Crippen molar-refractivity contribution < 1.29 is 14.0 Å². The van der Waals surface area contributed by atoms with Crippen LogP contribution in [0.1, 0.15) is 34.8 Å². The predicted molar refractivity (Wildman–Crippen MR) is 76.5 cm³/mol. The Hall–Kier alpha value is -2.08. The number of hydrogen-bond acceptors (Lipinski definition) is 4. The van der Waals surface area contributed by atoms with Gasteiger partial charge in [-0.2, -0.15) is 0 Å². The minimum absolute atomic E-state index is 0.125. The number of nitrogens with one attached hydrogen (secondary N) is 2. The molecule has 0 bridgehead atoms. The summed E-state index contributed by atoms with van der Waals surface area (Å²) in [5.41, 5.74) is 0. The zero-order valence-electron chi connectivity index (χ0n) is 11.1. The molecule has 0 aliphatic heterocycles. The largest absolute Gasteiger partial charge is 0.467 e. The average Bonchev–Trinajstić information content (AvgIpc) is 3.12. The third-order valence-electron chi connectivity index (χ3n) is 2.73. The molecule has 2 N–H and O–H groups in total. The highest BCUT2D eigenvalue weighted by Gasteiger charge is 2.12. The summed E-state index contributed by atoms with van der Waals surface area (Å²) in [6.07, 6.45) is 1.81. The number of rotatable bonds is 6. The molecule has 2 rings (SSSR count). The topological polar surface area (TPSA) is 71.3 Å². The van der Waals surface area contributed by atoms with E-state index in [1.807, 2.05) is 24.4 Å². The lowest BCUT2D eigenvalue weighted by molar-refractivity contribution is -0.121. The summed E-state index contributed by atoms with van der Waals surface area (Å²) < 4.78 is 5.20. The lowest BCUT2D eigenvalue weighted by Crippen LogP contribution is -2.31. The maximum atomic E-state index is 11.7. The molecular formula is C14H16N2O3S. The molecule has 0 aromatic carbocycles. The van der Waals surface area contributed by atoms with Crippen LogP contribution < -0.4 is 10.6 Å². The van der Waals surface area contributed by atoms with Gasteiger partial charge in [0.15, 0.2) is 0 Å². The van der Waals surface area contributed by atoms with E-state index in [1.165, 1.54) is 11.3 Å². The quantitative estimate of drug-likeness (QED) is 0.858. The van der Waals surface area contributed by atoms with Gasteiger partial charge in [-0.15, -0.1) is 11.3 Å². The molecule has 106 valence electrons. The molecule has 0 aliphatic rings. The molecule has 5 nitrogen and oxygen atoms in total. The van der Waals surface area contributed by atoms with Crippen LogP contribution in [0.4, 0.5) is 0 Å². The zero-order chi connectivity index (χ0) is 14.4. The van der Waals surface area contributed by atoms with Gasteiger partial charge < -0.3 is 15.1 Å². The fourth-order valence-corrected chi connectivity index (χ4v) is 2.35. The fourth-order valence-electron chi connectivity index (χ4n) is 1.71. The van der Waals surface area contributed by atoms with Crippen LogP contribution in [0.2, 0.25) is 0 Å². The molecule has 0 aliphatic carbocycles. The van der Waals surface area contributed by atoms with E-state index in [2.05, 4.69) is 10.6 Å². The first-order valence-electron chi connectivity index (χ1n) is 6.31. The molecule has 1 atom stereocenters. The van der Waals surface area contributed by atoms with Gasteiger partial charge in [-0.3, -0.25) is 9.59 Å². The van der Waals surface area contributed by atoms with E-state index in [9.17, 15) is 9.59 Å². The van der Waals surface area contributed by atoms with Crippen molar-refractivity contribution in [3.05, 3.63) is 46.5 Å². The number of thiophene rings is 1. The molecule has 6 heteroatoms. The van der Waals surface area contributed by atoms with Gasteiger partial charge in [-0.25, -0.2) is 0 Å². The summed E-state index contributed by atoms with van der Waals surface area (Å²) in [5.74, 6) is 0.438. The normalized spacial score (nSPS) is 11.8. The molecule has 0 spiro atoms. The lowest BCUT2D eigenvalue weighted by Gasteiger charge is -2.11. The van der Waals surface area contributed by atoms with Crippen molar-refractivity contribution in [1.82, 2.24) is 10.6 Å². The monoisotopic (exact) mass is 292 g/mol. The molecule has 0 fully saturated rings. The molecule has 20 heavy (non-hydrogen) atoms. The van der Waals surface area contributed by atoms with Gasteiger partial charge in [0, 0.05) is 13.0 Å². The molecule has 2 aromatic heterocycles. The van der Waals surface area contributed by atoms with Gasteiger partial charge in [0.2, 0.25) is 5.91 Å². The van der Waals surface area contributed by atoms with Crippen molar-refractivity contribution in [1.29, 1.82) is 0 Å². The number of furan rings is 1. The smallest absolute Gasteiger partial charge is 0.261 e. The van der Waals surface area contributed by atoms with Crippen LogP contribution in [0, 0.1) is 0 Å². The maximum Gasteiger partial charge on any atom is 0.261 e. The number of amides is 2. The third-order valence-corrected chi connectivity index (χ3v) is 3.60. The van der Waals surface area contributed by atoms with Crippen molar-refractivity contribution in [2.45, 2.75) is 19.4 Å². The minimum atomic E-state index is -0.175. The van der Waals surface area contributed by atoms with Crippen molar-refractivity contribution in [3.8, 4) is 0 Å². The van der Waals surface area contributed by atoms with Gasteiger partial charge in [0.1, 0.15) is 5.76 Å². The molecule has 2 heterocycles. The first-order chi connectivity index (χ1) is 9.66. The summed E-state index contributed by atoms with van der Waals surface area (Å²) in [6.45, 7) is 2.16. The van der Waals surface area contributed by atoms with Crippen LogP contribution >= 0.6 is 11.3 Å². The summed E-state index contributed by atoms with van der Waals surface area (Å²) in [6, 6.07) is 6.98. The van der Waals surface area contributed by atoms with Crippen LogP contribution in [-0.2, 0) is 4.79 Å². The number of carbonyl (C=O) groups excluding carboxylic acids is 2. The van der Waals surface area contributed by atoms with Gasteiger partial charge >= 0.3 is 0 Å². The first kappa shape index (κ1) is 14.3. The Bertz CT molecular complexity index is 549. The highest BCUT2D eigenvalue weighted by Crippen LogP contribution is 2.12. The van der Waals surface area contributed by atoms with Crippen molar-refractivity contribution in [3.63, 3.8) is 0 Å². The molecule has 1 unspecified atom stereocenters. The van der Waals surface area contributed by atoms with E-state index >= 15 is 0 Å². The highest BCUT2D eigenvalue weighted by atomic mass is 32.1. The first-order valence-corrected chi connectivity index (χ1v) is 7.19. The lowest BCUT2D eigenvalue weighted by atomic mass is 10.2. The van der Waals surface area contributed by atoms with E-state index in [-0.39, 0.29) is 24.3 Å². The summed E-state index contributed by atoms with van der Waals surface area (Å²) in [4.78, 5) is 24.0. The van der Waals surface area contributed by atoms with Gasteiger partial charge in [-0.05, 0) is 30.5 Å². The summed E-state index contributed by atoms with van der Waals surface area (Å²) in [5, 5.41) is 7.36. The Balaban J connectivity index is 1.69. The number of carbonyl (C=O) groups is 2. The van der Waals surface area contributed by atoms with Crippen molar-refractivity contribution in [2.24, 2.45) is 0 Å². The van der Waals surface area contributed by atoms with Crippen LogP contribution in [0.3, 0.4) is 0 Å². The second-order valence-corrected chi connectivity index (χ2v) is 5.24. The molecular weight excluding hydrogens is 276 g/mol. The van der Waals surface area contributed by atoms with Gasteiger partial charge in [0.25, 0.3) is 5.91 Å². The van der Waals surface area contributed by atoms with Crippen molar-refractivity contribution in [2.75, 3.05) is 6.54 Å². The SMILES string of the molecule is CC(NC(=O)CCNC(=O)c1cccs1)c1ccco1. The van der Waals surface area contributed by atoms with Gasteiger partial charge in [-0.1, -0.05) is 6.07 Å². The standard InChI is InChI=1S/C14H16N2O3S/c1-10(11-4-2-8-19-11)16-13(17)6-7-15-14(18)12-5-3-9-20-12/h2-5,8-10H,6-7H2,1H3,(H,15,18)(H,16,17). The second-order valence-electron chi connectivity index (χ2n) is 4.29. The van der Waals surface area contributed by atoms with Crippen LogP contribution in [0.25, 0.3) is 0 Å². The van der Waals surface area contributed by atoms with E-state index < -0.39 is 0 Å².